The molecule has 0 saturated carbocycles. The van der Waals surface area contributed by atoms with Crippen LogP contribution >= 0.6 is 23.5 Å². The van der Waals surface area contributed by atoms with Crippen LogP contribution in [-0.2, 0) is 14.3 Å². The smallest absolute Gasteiger partial charge is 0.317 e. The molecule has 1 N–H and O–H groups in total. The van der Waals surface area contributed by atoms with Crippen LogP contribution in [0.1, 0.15) is 6.92 Å². The predicted molar refractivity (Wildman–Crippen MR) is 107 cm³/mol. The van der Waals surface area contributed by atoms with Crippen LogP contribution < -0.4 is 5.32 Å². The Balaban J connectivity index is 1.46. The first-order valence-electron chi connectivity index (χ1n) is 8.44. The molecule has 1 amide bonds. The van der Waals surface area contributed by atoms with Gasteiger partial charge in [0.2, 0.25) is 0 Å². The zero-order valence-electron chi connectivity index (χ0n) is 15.1. The van der Waals surface area contributed by atoms with Crippen LogP contribution in [0.5, 0.6) is 0 Å². The van der Waals surface area contributed by atoms with Crippen LogP contribution in [0.4, 0.5) is 14.5 Å². The minimum Gasteiger partial charge on any atom is -0.452 e. The van der Waals surface area contributed by atoms with Gasteiger partial charge in [0.05, 0.1) is 0 Å². The van der Waals surface area contributed by atoms with Gasteiger partial charge in [0, 0.05) is 10.6 Å². The molecule has 3 rings (SSSR count). The largest absolute Gasteiger partial charge is 0.452 e. The highest BCUT2D eigenvalue weighted by atomic mass is 32.2. The molecule has 0 bridgehead atoms. The maximum Gasteiger partial charge on any atom is 0.317 e. The summed E-state index contributed by atoms with van der Waals surface area (Å²) in [7, 11) is 0. The van der Waals surface area contributed by atoms with Crippen molar-refractivity contribution in [2.24, 2.45) is 0 Å². The molecule has 6 nitrogen and oxygen atoms in total. The first-order chi connectivity index (χ1) is 13.9. The van der Waals surface area contributed by atoms with Gasteiger partial charge in [-0.15, -0.1) is 0 Å². The minimum absolute atomic E-state index is 0.0655. The molecule has 1 aromatic heterocycles. The van der Waals surface area contributed by atoms with Crippen LogP contribution in [-0.4, -0.2) is 34.5 Å². The normalized spacial score (nSPS) is 12.1. The van der Waals surface area contributed by atoms with Gasteiger partial charge in [-0.1, -0.05) is 35.7 Å². The standard InChI is InChI=1S/C19H16F2N2O4S2/c1-11(17(25)22-12-6-8-13(9-7-12)29-18(20)21)26-16(24)10-28-19-23-14-4-2-3-5-15(14)27-19/h2-9,11,18H,10H2,1H3,(H,22,25). The molecule has 0 spiro atoms. The molecule has 3 aromatic rings. The molecule has 1 unspecified atom stereocenters. The second kappa shape index (κ2) is 9.75. The number of nitrogens with zero attached hydrogens (tertiary/aromatic N) is 1. The highest BCUT2D eigenvalue weighted by molar-refractivity contribution is 7.99. The number of halogens is 2. The Kier molecular flexibility index (Phi) is 7.10. The van der Waals surface area contributed by atoms with Gasteiger partial charge < -0.3 is 14.5 Å². The predicted octanol–water partition coefficient (Wildman–Crippen LogP) is 4.81. The van der Waals surface area contributed by atoms with Crippen molar-refractivity contribution in [3.8, 4) is 0 Å². The van der Waals surface area contributed by atoms with Gasteiger partial charge in [0.1, 0.15) is 11.3 Å². The molecule has 0 radical (unpaired) electrons. The molecular formula is C19H16F2N2O4S2. The fraction of sp³-hybridized carbons (Fsp3) is 0.211. The monoisotopic (exact) mass is 438 g/mol. The zero-order valence-corrected chi connectivity index (χ0v) is 16.8. The Morgan fingerprint density at radius 2 is 1.90 bits per heavy atom. The van der Waals surface area contributed by atoms with Crippen molar-refractivity contribution < 1.29 is 27.5 Å². The molecule has 0 aliphatic rings. The van der Waals surface area contributed by atoms with Crippen molar-refractivity contribution in [2.45, 2.75) is 28.9 Å². The lowest BCUT2D eigenvalue weighted by atomic mass is 10.3. The van der Waals surface area contributed by atoms with Gasteiger partial charge >= 0.3 is 5.97 Å². The number of fused-ring (bicyclic) bond motifs is 1. The SMILES string of the molecule is CC(OC(=O)CSc1nc2ccccc2o1)C(=O)Nc1ccc(SC(F)F)cc1. The fourth-order valence-corrected chi connectivity index (χ4v) is 3.40. The number of nitrogens with one attached hydrogen (secondary N) is 1. The highest BCUT2D eigenvalue weighted by Gasteiger charge is 2.19. The minimum atomic E-state index is -2.51. The summed E-state index contributed by atoms with van der Waals surface area (Å²) in [5, 5.41) is 2.90. The second-order valence-electron chi connectivity index (χ2n) is 5.76. The Bertz CT molecular complexity index is 962. The number of carbonyl (C=O) groups excluding carboxylic acids is 2. The van der Waals surface area contributed by atoms with Gasteiger partial charge in [-0.05, 0) is 43.3 Å². The maximum absolute atomic E-state index is 12.3. The Hall–Kier alpha value is -2.59. The number of alkyl halides is 2. The van der Waals surface area contributed by atoms with Crippen molar-refractivity contribution in [3.63, 3.8) is 0 Å². The van der Waals surface area contributed by atoms with Crippen LogP contribution in [0.3, 0.4) is 0 Å². The number of thioether (sulfide) groups is 2. The number of amides is 1. The number of carbonyl (C=O) groups is 2. The van der Waals surface area contributed by atoms with Crippen molar-refractivity contribution >= 4 is 52.2 Å². The number of hydrogen-bond acceptors (Lipinski definition) is 7. The van der Waals surface area contributed by atoms with E-state index < -0.39 is 23.7 Å². The summed E-state index contributed by atoms with van der Waals surface area (Å²) >= 11 is 1.49. The van der Waals surface area contributed by atoms with Gasteiger partial charge in [-0.3, -0.25) is 9.59 Å². The number of ether oxygens (including phenoxy) is 1. The average Bonchev–Trinajstić information content (AvgIpc) is 3.10. The molecule has 0 aliphatic heterocycles. The van der Waals surface area contributed by atoms with E-state index in [-0.39, 0.29) is 5.75 Å². The fourth-order valence-electron chi connectivity index (χ4n) is 2.28. The molecule has 1 heterocycles. The van der Waals surface area contributed by atoms with E-state index in [0.29, 0.717) is 38.7 Å². The van der Waals surface area contributed by atoms with Crippen LogP contribution in [0, 0.1) is 0 Å². The summed E-state index contributed by atoms with van der Waals surface area (Å²) in [5.74, 6) is -3.70. The van der Waals surface area contributed by atoms with Crippen LogP contribution in [0.15, 0.2) is 63.1 Å². The van der Waals surface area contributed by atoms with Crippen molar-refractivity contribution in [3.05, 3.63) is 48.5 Å². The number of aromatic nitrogens is 1. The Morgan fingerprint density at radius 1 is 1.17 bits per heavy atom. The van der Waals surface area contributed by atoms with Gasteiger partial charge in [0.25, 0.3) is 16.9 Å². The van der Waals surface area contributed by atoms with Gasteiger partial charge in [-0.25, -0.2) is 4.98 Å². The number of oxazole rings is 1. The quantitative estimate of drug-likeness (QED) is 0.399. The lowest BCUT2D eigenvalue weighted by molar-refractivity contribution is -0.150. The van der Waals surface area contributed by atoms with Crippen molar-refractivity contribution in [2.75, 3.05) is 11.1 Å². The van der Waals surface area contributed by atoms with Crippen molar-refractivity contribution in [1.29, 1.82) is 0 Å². The van der Waals surface area contributed by atoms with E-state index in [1.165, 1.54) is 31.2 Å². The third-order valence-electron chi connectivity index (χ3n) is 3.61. The molecule has 0 aliphatic carbocycles. The number of rotatable bonds is 8. The van der Waals surface area contributed by atoms with E-state index in [2.05, 4.69) is 10.3 Å². The summed E-state index contributed by atoms with van der Waals surface area (Å²) in [6.45, 7) is 1.44. The Morgan fingerprint density at radius 3 is 2.59 bits per heavy atom. The van der Waals surface area contributed by atoms with E-state index in [9.17, 15) is 18.4 Å². The zero-order chi connectivity index (χ0) is 20.8. The third kappa shape index (κ3) is 6.20. The van der Waals surface area contributed by atoms with E-state index >= 15 is 0 Å². The van der Waals surface area contributed by atoms with E-state index in [4.69, 9.17) is 9.15 Å². The van der Waals surface area contributed by atoms with Gasteiger partial charge in [-0.2, -0.15) is 8.78 Å². The molecule has 2 aromatic carbocycles. The molecule has 0 saturated heterocycles. The highest BCUT2D eigenvalue weighted by Crippen LogP contribution is 2.26. The third-order valence-corrected chi connectivity index (χ3v) is 5.14. The molecule has 152 valence electrons. The summed E-state index contributed by atoms with van der Waals surface area (Å²) in [4.78, 5) is 28.8. The average molecular weight is 438 g/mol. The number of benzene rings is 2. The van der Waals surface area contributed by atoms with E-state index in [1.807, 2.05) is 12.1 Å². The summed E-state index contributed by atoms with van der Waals surface area (Å²) < 4.78 is 35.2. The summed E-state index contributed by atoms with van der Waals surface area (Å²) in [5.41, 5.74) is 1.72. The maximum atomic E-state index is 12.3. The second-order valence-corrected chi connectivity index (χ2v) is 7.75. The molecule has 1 atom stereocenters. The molecular weight excluding hydrogens is 422 g/mol. The summed E-state index contributed by atoms with van der Waals surface area (Å²) in [6, 6.07) is 13.2. The number of hydrogen-bond donors (Lipinski definition) is 1. The Labute approximate surface area is 173 Å². The van der Waals surface area contributed by atoms with Crippen molar-refractivity contribution in [1.82, 2.24) is 4.98 Å². The molecule has 0 fully saturated rings. The van der Waals surface area contributed by atoms with Crippen LogP contribution in [0.2, 0.25) is 0 Å². The molecule has 29 heavy (non-hydrogen) atoms. The number of para-hydroxylation sites is 2. The summed E-state index contributed by atoms with van der Waals surface area (Å²) in [6.07, 6.45) is -1.03. The van der Waals surface area contributed by atoms with E-state index in [1.54, 1.807) is 12.1 Å². The van der Waals surface area contributed by atoms with Crippen LogP contribution in [0.25, 0.3) is 11.1 Å². The topological polar surface area (TPSA) is 81.4 Å². The lowest BCUT2D eigenvalue weighted by Crippen LogP contribution is -2.30. The lowest BCUT2D eigenvalue weighted by Gasteiger charge is -2.13. The van der Waals surface area contributed by atoms with E-state index in [0.717, 1.165) is 11.8 Å². The number of esters is 1. The number of anilines is 1. The van der Waals surface area contributed by atoms with Gasteiger partial charge in [0.15, 0.2) is 11.7 Å². The molecule has 10 heteroatoms. The first kappa shape index (κ1) is 21.1. The first-order valence-corrected chi connectivity index (χ1v) is 10.3.